The van der Waals surface area contributed by atoms with Gasteiger partial charge in [-0.05, 0) is 48.1 Å². The van der Waals surface area contributed by atoms with Gasteiger partial charge in [-0.1, -0.05) is 24.3 Å². The van der Waals surface area contributed by atoms with Crippen molar-refractivity contribution in [1.29, 1.82) is 0 Å². The molecule has 1 aliphatic carbocycles. The van der Waals surface area contributed by atoms with Crippen molar-refractivity contribution in [1.82, 2.24) is 10.2 Å². The molecule has 1 aromatic heterocycles. The molecular formula is C22H21N3O3. The van der Waals surface area contributed by atoms with Gasteiger partial charge in [0.05, 0.1) is 7.11 Å². The van der Waals surface area contributed by atoms with E-state index in [0.29, 0.717) is 29.7 Å². The van der Waals surface area contributed by atoms with Gasteiger partial charge in [0.2, 0.25) is 5.91 Å². The molecule has 0 spiro atoms. The highest BCUT2D eigenvalue weighted by atomic mass is 16.5. The highest BCUT2D eigenvalue weighted by Crippen LogP contribution is 2.46. The van der Waals surface area contributed by atoms with E-state index in [1.165, 1.54) is 18.4 Å². The van der Waals surface area contributed by atoms with E-state index in [4.69, 9.17) is 9.47 Å². The van der Waals surface area contributed by atoms with Crippen LogP contribution in [0.1, 0.15) is 47.8 Å². The lowest BCUT2D eigenvalue weighted by Crippen LogP contribution is -2.22. The molecule has 0 radical (unpaired) electrons. The summed E-state index contributed by atoms with van der Waals surface area (Å²) in [5, 5.41) is 9.75. The van der Waals surface area contributed by atoms with Gasteiger partial charge in [-0.15, -0.1) is 0 Å². The number of rotatable bonds is 5. The van der Waals surface area contributed by atoms with Gasteiger partial charge in [-0.25, -0.2) is 0 Å². The van der Waals surface area contributed by atoms with E-state index in [1.807, 2.05) is 36.5 Å². The molecule has 1 amide bonds. The van der Waals surface area contributed by atoms with Crippen LogP contribution in [0.15, 0.2) is 48.7 Å². The van der Waals surface area contributed by atoms with Crippen molar-refractivity contribution in [3.63, 3.8) is 0 Å². The van der Waals surface area contributed by atoms with E-state index in [0.717, 1.165) is 16.9 Å². The number of ether oxygens (including phenoxy) is 2. The lowest BCUT2D eigenvalue weighted by molar-refractivity contribution is -0.116. The van der Waals surface area contributed by atoms with Gasteiger partial charge in [0, 0.05) is 24.1 Å². The zero-order chi connectivity index (χ0) is 19.1. The maximum Gasteiger partial charge on any atom is 0.226 e. The Bertz CT molecular complexity index is 1040. The fourth-order valence-electron chi connectivity index (χ4n) is 3.85. The average Bonchev–Trinajstić information content (AvgIpc) is 3.45. The number of nitrogens with zero attached hydrogens (tertiary/aromatic N) is 1. The van der Waals surface area contributed by atoms with Crippen molar-refractivity contribution < 1.29 is 14.3 Å². The topological polar surface area (TPSA) is 76.2 Å². The number of para-hydroxylation sites is 1. The van der Waals surface area contributed by atoms with Crippen LogP contribution in [0, 0.1) is 0 Å². The van der Waals surface area contributed by atoms with E-state index in [1.54, 1.807) is 7.11 Å². The van der Waals surface area contributed by atoms with Crippen LogP contribution in [0.5, 0.6) is 17.2 Å². The Morgan fingerprint density at radius 1 is 1.04 bits per heavy atom. The molecule has 0 saturated heterocycles. The lowest BCUT2D eigenvalue weighted by atomic mass is 9.87. The molecule has 6 nitrogen and oxygen atoms in total. The first-order valence-electron chi connectivity index (χ1n) is 9.51. The van der Waals surface area contributed by atoms with Crippen LogP contribution < -0.4 is 14.8 Å². The number of aromatic nitrogens is 2. The number of carbonyl (C=O) groups excluding carboxylic acids is 1. The van der Waals surface area contributed by atoms with Gasteiger partial charge in [-0.2, -0.15) is 5.10 Å². The molecule has 0 bridgehead atoms. The first-order valence-corrected chi connectivity index (χ1v) is 9.51. The highest BCUT2D eigenvalue weighted by Gasteiger charge is 2.30. The second kappa shape index (κ2) is 6.71. The normalized spacial score (nSPS) is 18.3. The van der Waals surface area contributed by atoms with Crippen LogP contribution in [0.25, 0.3) is 0 Å². The van der Waals surface area contributed by atoms with E-state index >= 15 is 0 Å². The van der Waals surface area contributed by atoms with Gasteiger partial charge >= 0.3 is 0 Å². The summed E-state index contributed by atoms with van der Waals surface area (Å²) >= 11 is 0. The van der Waals surface area contributed by atoms with Crippen LogP contribution in [-0.4, -0.2) is 23.2 Å². The molecule has 1 fully saturated rings. The number of aromatic amines is 1. The summed E-state index contributed by atoms with van der Waals surface area (Å²) < 4.78 is 11.8. The minimum Gasteiger partial charge on any atom is -0.493 e. The number of carbonyl (C=O) groups is 1. The first-order chi connectivity index (χ1) is 13.7. The number of hydrogen-bond acceptors (Lipinski definition) is 4. The number of amides is 1. The van der Waals surface area contributed by atoms with Crippen molar-refractivity contribution in [2.75, 3.05) is 12.4 Å². The average molecular weight is 375 g/mol. The summed E-state index contributed by atoms with van der Waals surface area (Å²) in [6, 6.07) is 14.1. The molecule has 2 aliphatic rings. The highest BCUT2D eigenvalue weighted by molar-refractivity contribution is 5.94. The fourth-order valence-corrected chi connectivity index (χ4v) is 3.85. The van der Waals surface area contributed by atoms with Gasteiger partial charge in [-0.3, -0.25) is 9.89 Å². The quantitative estimate of drug-likeness (QED) is 0.685. The lowest BCUT2D eigenvalue weighted by Gasteiger charge is -2.23. The van der Waals surface area contributed by atoms with Crippen molar-refractivity contribution in [2.24, 2.45) is 0 Å². The standard InChI is InChI=1S/C22H21N3O3/c1-27-20-10-14(16-11-21(26)24-22-17(16)12-23-25-22)8-9-19(20)28-18-5-3-2-4-15(18)13-6-7-13/h2-5,8-10,12-13,16H,6-7,11H2,1H3,(H2,23,24,25,26). The summed E-state index contributed by atoms with van der Waals surface area (Å²) in [4.78, 5) is 12.1. The maximum absolute atomic E-state index is 12.1. The second-order valence-corrected chi connectivity index (χ2v) is 7.32. The summed E-state index contributed by atoms with van der Waals surface area (Å²) in [6.07, 6.45) is 4.64. The predicted molar refractivity (Wildman–Crippen MR) is 105 cm³/mol. The Morgan fingerprint density at radius 2 is 1.89 bits per heavy atom. The van der Waals surface area contributed by atoms with Gasteiger partial charge in [0.1, 0.15) is 5.75 Å². The van der Waals surface area contributed by atoms with E-state index in [9.17, 15) is 4.79 Å². The number of benzene rings is 2. The summed E-state index contributed by atoms with van der Waals surface area (Å²) in [6.45, 7) is 0. The van der Waals surface area contributed by atoms with E-state index < -0.39 is 0 Å². The molecule has 142 valence electrons. The van der Waals surface area contributed by atoms with Crippen molar-refractivity contribution in [2.45, 2.75) is 31.1 Å². The van der Waals surface area contributed by atoms with Crippen molar-refractivity contribution in [3.8, 4) is 17.2 Å². The molecule has 2 aromatic carbocycles. The molecule has 6 heteroatoms. The molecule has 1 unspecified atom stereocenters. The summed E-state index contributed by atoms with van der Waals surface area (Å²) in [5.74, 6) is 3.29. The molecule has 3 aromatic rings. The smallest absolute Gasteiger partial charge is 0.226 e. The van der Waals surface area contributed by atoms with Crippen LogP contribution in [0.2, 0.25) is 0 Å². The van der Waals surface area contributed by atoms with Crippen molar-refractivity contribution >= 4 is 11.7 Å². The molecule has 1 saturated carbocycles. The Morgan fingerprint density at radius 3 is 2.71 bits per heavy atom. The fraction of sp³-hybridized carbons (Fsp3) is 0.273. The molecule has 2 heterocycles. The molecule has 1 aliphatic heterocycles. The molecule has 28 heavy (non-hydrogen) atoms. The number of anilines is 1. The summed E-state index contributed by atoms with van der Waals surface area (Å²) in [7, 11) is 1.63. The minimum absolute atomic E-state index is 0.0396. The van der Waals surface area contributed by atoms with E-state index in [2.05, 4.69) is 27.6 Å². The number of methoxy groups -OCH3 is 1. The third-order valence-electron chi connectivity index (χ3n) is 5.44. The molecule has 5 rings (SSSR count). The monoisotopic (exact) mass is 375 g/mol. The third kappa shape index (κ3) is 3.01. The number of hydrogen-bond donors (Lipinski definition) is 2. The predicted octanol–water partition coefficient (Wildman–Crippen LogP) is 4.56. The van der Waals surface area contributed by atoms with E-state index in [-0.39, 0.29) is 11.8 Å². The molecule has 2 N–H and O–H groups in total. The summed E-state index contributed by atoms with van der Waals surface area (Å²) in [5.41, 5.74) is 3.23. The maximum atomic E-state index is 12.1. The zero-order valence-electron chi connectivity index (χ0n) is 15.6. The third-order valence-corrected chi connectivity index (χ3v) is 5.44. The van der Waals surface area contributed by atoms with Crippen LogP contribution in [0.4, 0.5) is 5.82 Å². The first kappa shape index (κ1) is 16.9. The van der Waals surface area contributed by atoms with Gasteiger partial charge < -0.3 is 14.8 Å². The Labute approximate surface area is 162 Å². The zero-order valence-corrected chi connectivity index (χ0v) is 15.6. The molecule has 1 atom stereocenters. The van der Waals surface area contributed by atoms with Crippen LogP contribution in [0.3, 0.4) is 0 Å². The van der Waals surface area contributed by atoms with Crippen LogP contribution in [-0.2, 0) is 4.79 Å². The largest absolute Gasteiger partial charge is 0.493 e. The van der Waals surface area contributed by atoms with Gasteiger partial charge in [0.25, 0.3) is 0 Å². The minimum atomic E-state index is -0.0656. The SMILES string of the molecule is COc1cc(C2CC(=O)Nc3n[nH]cc32)ccc1Oc1ccccc1C1CC1. The number of nitrogens with one attached hydrogen (secondary N) is 2. The Balaban J connectivity index is 1.48. The Hall–Kier alpha value is -3.28. The number of fused-ring (bicyclic) bond motifs is 1. The second-order valence-electron chi connectivity index (χ2n) is 7.32. The van der Waals surface area contributed by atoms with Crippen molar-refractivity contribution in [3.05, 3.63) is 65.4 Å². The van der Waals surface area contributed by atoms with Gasteiger partial charge in [0.15, 0.2) is 17.3 Å². The number of H-pyrrole nitrogens is 1. The van der Waals surface area contributed by atoms with Crippen LogP contribution >= 0.6 is 0 Å². The Kier molecular flexibility index (Phi) is 4.04. The molecular weight excluding hydrogens is 354 g/mol.